The molecule has 14 nitrogen and oxygen atoms in total. The molecule has 4 saturated carbocycles. The summed E-state index contributed by atoms with van der Waals surface area (Å²) in [4.78, 5) is 15.1. The highest BCUT2D eigenvalue weighted by Crippen LogP contribution is 2.49. The van der Waals surface area contributed by atoms with E-state index in [1.807, 2.05) is 24.5 Å². The maximum atomic E-state index is 12.5. The molecule has 0 radical (unpaired) electrons. The maximum absolute atomic E-state index is 12.5. The van der Waals surface area contributed by atoms with Gasteiger partial charge in [-0.1, -0.05) is 27.7 Å². The third-order valence-corrected chi connectivity index (χ3v) is 17.6. The molecule has 6 aromatic rings. The molecule has 10 rings (SSSR count). The van der Waals surface area contributed by atoms with Crippen molar-refractivity contribution in [1.29, 1.82) is 0 Å². The zero-order valence-corrected chi connectivity index (χ0v) is 33.0. The molecule has 16 heteroatoms. The van der Waals surface area contributed by atoms with Gasteiger partial charge in [0, 0.05) is 24.2 Å². The van der Waals surface area contributed by atoms with Gasteiger partial charge in [0.15, 0.2) is 42.3 Å². The summed E-state index contributed by atoms with van der Waals surface area (Å²) < 4.78 is 54.3. The monoisotopic (exact) mass is 774 g/mol. The Labute approximate surface area is 315 Å². The molecule has 6 heterocycles. The Morgan fingerprint density at radius 2 is 1.04 bits per heavy atom. The Morgan fingerprint density at radius 3 is 1.41 bits per heavy atom. The van der Waals surface area contributed by atoms with Crippen LogP contribution in [0.4, 0.5) is 0 Å². The van der Waals surface area contributed by atoms with E-state index in [4.69, 9.17) is 0 Å². The van der Waals surface area contributed by atoms with E-state index in [0.717, 1.165) is 96.6 Å². The number of aromatic nitrogens is 10. The minimum absolute atomic E-state index is 0.0754. The number of fused-ring (bicyclic) bond motifs is 6. The second-order valence-corrected chi connectivity index (χ2v) is 21.9. The molecule has 0 amide bonds. The van der Waals surface area contributed by atoms with E-state index in [-0.39, 0.29) is 34.2 Å². The van der Waals surface area contributed by atoms with Gasteiger partial charge in [-0.25, -0.2) is 26.8 Å². The molecule has 6 aromatic heterocycles. The van der Waals surface area contributed by atoms with E-state index in [1.165, 1.54) is 0 Å². The van der Waals surface area contributed by atoms with Crippen LogP contribution < -0.4 is 0 Å². The van der Waals surface area contributed by atoms with Gasteiger partial charge in [0.25, 0.3) is 0 Å². The van der Waals surface area contributed by atoms with Crippen LogP contribution in [0.15, 0.2) is 36.9 Å². The van der Waals surface area contributed by atoms with E-state index < -0.39 is 19.7 Å². The molecule has 0 bridgehead atoms. The number of nitrogens with one attached hydrogen (secondary N) is 2. The van der Waals surface area contributed by atoms with Gasteiger partial charge in [0.05, 0.1) is 45.4 Å². The maximum Gasteiger partial charge on any atom is 0.179 e. The first-order valence-electron chi connectivity index (χ1n) is 19.6. The molecule has 6 atom stereocenters. The molecular weight excluding hydrogens is 725 g/mol. The Kier molecular flexibility index (Phi) is 8.86. The minimum atomic E-state index is -2.94. The van der Waals surface area contributed by atoms with E-state index in [9.17, 15) is 16.8 Å². The van der Waals surface area contributed by atoms with E-state index in [2.05, 4.69) is 76.8 Å². The Balaban J connectivity index is 0.000000142. The van der Waals surface area contributed by atoms with Crippen molar-refractivity contribution in [2.24, 2.45) is 35.5 Å². The van der Waals surface area contributed by atoms with Crippen LogP contribution in [0.5, 0.6) is 0 Å². The van der Waals surface area contributed by atoms with Crippen molar-refractivity contribution in [3.63, 3.8) is 0 Å². The molecular formula is C38H50N10O4S2. The molecule has 0 spiro atoms. The van der Waals surface area contributed by atoms with Crippen molar-refractivity contribution in [2.45, 2.75) is 101 Å². The predicted molar refractivity (Wildman–Crippen MR) is 206 cm³/mol. The largest absolute Gasteiger partial charge is 0.345 e. The lowest BCUT2D eigenvalue weighted by Gasteiger charge is -2.21. The molecule has 4 fully saturated rings. The normalized spacial score (nSPS) is 26.6. The topological polar surface area (TPSA) is 186 Å². The van der Waals surface area contributed by atoms with Gasteiger partial charge in [-0.2, -0.15) is 0 Å². The first-order chi connectivity index (χ1) is 25.9. The number of hydrogen-bond donors (Lipinski definition) is 2. The molecule has 0 aromatic carbocycles. The molecule has 4 aliphatic carbocycles. The summed E-state index contributed by atoms with van der Waals surface area (Å²) in [7, 11) is -5.88. The van der Waals surface area contributed by atoms with Gasteiger partial charge in [0.1, 0.15) is 11.6 Å². The van der Waals surface area contributed by atoms with Crippen LogP contribution in [0.25, 0.3) is 33.6 Å². The van der Waals surface area contributed by atoms with Gasteiger partial charge in [-0.15, -0.1) is 20.4 Å². The lowest BCUT2D eigenvalue weighted by atomic mass is 9.85. The molecule has 288 valence electrons. The van der Waals surface area contributed by atoms with Gasteiger partial charge in [-0.05, 0) is 99.0 Å². The fraction of sp³-hybridized carbons (Fsp3) is 0.632. The summed E-state index contributed by atoms with van der Waals surface area (Å²) in [6.07, 6.45) is 14.2. The number of aromatic amines is 2. The van der Waals surface area contributed by atoms with Crippen molar-refractivity contribution < 1.29 is 16.8 Å². The Hall–Kier alpha value is -3.92. The van der Waals surface area contributed by atoms with Crippen molar-refractivity contribution >= 4 is 53.3 Å². The standard InChI is InChI=1S/2C19H25N5O2S/c2*1-11(2)14-7-12(10-27(25,26)13-3-4-13)8-15(14)19-23-22-17-9-21-18-16(24(17)19)5-6-20-18/h2*5-6,9,11-15,20H,3-4,7-8,10H2,1-2H3/t2*12-,14-,15+/m10/s1. The lowest BCUT2D eigenvalue weighted by Crippen LogP contribution is -2.18. The van der Waals surface area contributed by atoms with Crippen LogP contribution in [0.3, 0.4) is 0 Å². The molecule has 0 unspecified atom stereocenters. The quantitative estimate of drug-likeness (QED) is 0.170. The minimum Gasteiger partial charge on any atom is -0.345 e. The highest BCUT2D eigenvalue weighted by Gasteiger charge is 2.45. The second kappa shape index (κ2) is 13.4. The van der Waals surface area contributed by atoms with Crippen molar-refractivity contribution in [1.82, 2.24) is 49.1 Å². The smallest absolute Gasteiger partial charge is 0.179 e. The van der Waals surface area contributed by atoms with Gasteiger partial charge in [0.2, 0.25) is 0 Å². The van der Waals surface area contributed by atoms with Gasteiger partial charge < -0.3 is 9.97 Å². The number of H-pyrrole nitrogens is 2. The first-order valence-corrected chi connectivity index (χ1v) is 23.1. The highest BCUT2D eigenvalue weighted by molar-refractivity contribution is 7.92. The summed E-state index contributed by atoms with van der Waals surface area (Å²) in [5, 5.41) is 17.6. The average Bonchev–Trinajstić information content (AvgIpc) is 3.73. The number of nitrogens with zero attached hydrogens (tertiary/aromatic N) is 8. The zero-order valence-electron chi connectivity index (χ0n) is 31.3. The van der Waals surface area contributed by atoms with Crippen LogP contribution in [0.1, 0.15) is 103 Å². The SMILES string of the molecule is CC(C)[C@@H]1C[C@H](CS(=O)(=O)C2CC2)C[C@H]1c1nnc2cnc3[nH]ccc3n12.CC(C)[C@H]1C[C@@H](CS(=O)(=O)C2CC2)C[C@@H]1c1nnc2cnc3[nH]ccc3n12. The van der Waals surface area contributed by atoms with Crippen molar-refractivity contribution in [3.05, 3.63) is 48.6 Å². The van der Waals surface area contributed by atoms with Gasteiger partial charge >= 0.3 is 0 Å². The summed E-state index contributed by atoms with van der Waals surface area (Å²) in [5.41, 5.74) is 5.07. The fourth-order valence-electron chi connectivity index (χ4n) is 9.76. The van der Waals surface area contributed by atoms with Crippen LogP contribution in [0.2, 0.25) is 0 Å². The molecule has 0 saturated heterocycles. The third-order valence-electron chi connectivity index (χ3n) is 12.7. The molecule has 4 aliphatic rings. The molecule has 2 N–H and O–H groups in total. The summed E-state index contributed by atoms with van der Waals surface area (Å²) in [5.74, 6) is 5.19. The summed E-state index contributed by atoms with van der Waals surface area (Å²) in [6, 6.07) is 3.99. The number of rotatable bonds is 10. The summed E-state index contributed by atoms with van der Waals surface area (Å²) >= 11 is 0. The summed E-state index contributed by atoms with van der Waals surface area (Å²) in [6.45, 7) is 8.91. The molecule has 54 heavy (non-hydrogen) atoms. The van der Waals surface area contributed by atoms with Crippen molar-refractivity contribution in [2.75, 3.05) is 11.5 Å². The van der Waals surface area contributed by atoms with Crippen LogP contribution in [0, 0.1) is 35.5 Å². The fourth-order valence-corrected chi connectivity index (χ4v) is 13.9. The highest BCUT2D eigenvalue weighted by atomic mass is 32.2. The number of sulfone groups is 2. The van der Waals surface area contributed by atoms with E-state index in [0.29, 0.717) is 35.2 Å². The van der Waals surface area contributed by atoms with E-state index >= 15 is 0 Å². The van der Waals surface area contributed by atoms with Crippen LogP contribution in [-0.4, -0.2) is 88.0 Å². The Bertz CT molecular complexity index is 2370. The zero-order chi connectivity index (χ0) is 37.5. The lowest BCUT2D eigenvalue weighted by molar-refractivity contribution is 0.343. The predicted octanol–water partition coefficient (Wildman–Crippen LogP) is 5.90. The number of hydrogen-bond acceptors (Lipinski definition) is 10. The molecule has 0 aliphatic heterocycles. The Morgan fingerprint density at radius 1 is 0.630 bits per heavy atom. The van der Waals surface area contributed by atoms with Crippen LogP contribution >= 0.6 is 0 Å². The van der Waals surface area contributed by atoms with Crippen LogP contribution in [-0.2, 0) is 19.7 Å². The second-order valence-electron chi connectivity index (χ2n) is 17.2. The van der Waals surface area contributed by atoms with Crippen molar-refractivity contribution in [3.8, 4) is 0 Å². The third kappa shape index (κ3) is 6.50. The average molecular weight is 775 g/mol. The van der Waals surface area contributed by atoms with E-state index in [1.54, 1.807) is 12.4 Å². The first kappa shape index (κ1) is 35.8. The van der Waals surface area contributed by atoms with Gasteiger partial charge in [-0.3, -0.25) is 8.80 Å².